The summed E-state index contributed by atoms with van der Waals surface area (Å²) in [6.45, 7) is 11.1. The van der Waals surface area contributed by atoms with Crippen LogP contribution in [0.15, 0.2) is 18.2 Å². The molecule has 1 heterocycles. The van der Waals surface area contributed by atoms with Gasteiger partial charge >= 0.3 is 0 Å². The second-order valence-corrected chi connectivity index (χ2v) is 7.27. The first-order valence-electron chi connectivity index (χ1n) is 9.56. The molecule has 0 atom stereocenters. The van der Waals surface area contributed by atoms with Crippen LogP contribution in [0.1, 0.15) is 39.2 Å². The third kappa shape index (κ3) is 6.02. The monoisotopic (exact) mass is 360 g/mol. The molecule has 6 nitrogen and oxygen atoms in total. The van der Waals surface area contributed by atoms with Crippen LogP contribution in [0, 0.1) is 6.92 Å². The van der Waals surface area contributed by atoms with E-state index < -0.39 is 0 Å². The Morgan fingerprint density at radius 3 is 2.38 bits per heavy atom. The highest BCUT2D eigenvalue weighted by atomic mass is 16.2. The summed E-state index contributed by atoms with van der Waals surface area (Å²) in [5.41, 5.74) is 3.11. The fourth-order valence-corrected chi connectivity index (χ4v) is 3.20. The average molecular weight is 361 g/mol. The van der Waals surface area contributed by atoms with Crippen LogP contribution >= 0.6 is 0 Å². The smallest absolute Gasteiger partial charge is 0.238 e. The van der Waals surface area contributed by atoms with Crippen LogP contribution in [-0.2, 0) is 9.59 Å². The maximum Gasteiger partial charge on any atom is 0.238 e. The molecule has 2 N–H and O–H groups in total. The zero-order chi connectivity index (χ0) is 19.1. The minimum Gasteiger partial charge on any atom is -0.372 e. The van der Waals surface area contributed by atoms with Gasteiger partial charge in [-0.05, 0) is 63.9 Å². The Hall–Kier alpha value is -2.08. The van der Waals surface area contributed by atoms with Crippen molar-refractivity contribution in [3.05, 3.63) is 23.8 Å². The van der Waals surface area contributed by atoms with Crippen LogP contribution in [0.5, 0.6) is 0 Å². The molecule has 6 heteroatoms. The molecule has 2 amide bonds. The minimum absolute atomic E-state index is 0.0548. The molecular weight excluding hydrogens is 328 g/mol. The molecular formula is C20H32N4O2. The van der Waals surface area contributed by atoms with Gasteiger partial charge in [0.2, 0.25) is 11.8 Å². The van der Waals surface area contributed by atoms with Gasteiger partial charge in [0.1, 0.15) is 0 Å². The summed E-state index contributed by atoms with van der Waals surface area (Å²) in [7, 11) is 0. The largest absolute Gasteiger partial charge is 0.372 e. The van der Waals surface area contributed by atoms with E-state index in [0.29, 0.717) is 6.54 Å². The van der Waals surface area contributed by atoms with Gasteiger partial charge in [-0.15, -0.1) is 0 Å². The summed E-state index contributed by atoms with van der Waals surface area (Å²) < 4.78 is 0. The van der Waals surface area contributed by atoms with E-state index in [0.717, 1.165) is 24.3 Å². The van der Waals surface area contributed by atoms with E-state index in [1.807, 2.05) is 38.7 Å². The zero-order valence-electron chi connectivity index (χ0n) is 16.5. The number of carbonyl (C=O) groups is 2. The normalized spacial score (nSPS) is 14.2. The molecule has 144 valence electrons. The van der Waals surface area contributed by atoms with Crippen molar-refractivity contribution in [1.82, 2.24) is 10.2 Å². The van der Waals surface area contributed by atoms with E-state index in [1.165, 1.54) is 18.5 Å². The zero-order valence-corrected chi connectivity index (χ0v) is 16.5. The predicted molar refractivity (Wildman–Crippen MR) is 107 cm³/mol. The molecule has 1 fully saturated rings. The number of hydrogen-bond acceptors (Lipinski definition) is 4. The maximum atomic E-state index is 12.4. The van der Waals surface area contributed by atoms with Crippen LogP contribution in [0.2, 0.25) is 0 Å². The molecule has 0 unspecified atom stereocenters. The molecule has 1 aliphatic heterocycles. The van der Waals surface area contributed by atoms with Gasteiger partial charge in [0.15, 0.2) is 0 Å². The Labute approximate surface area is 156 Å². The van der Waals surface area contributed by atoms with Crippen molar-refractivity contribution in [2.45, 2.75) is 46.6 Å². The lowest BCUT2D eigenvalue weighted by molar-refractivity contribution is -0.123. The van der Waals surface area contributed by atoms with E-state index >= 15 is 0 Å². The topological polar surface area (TPSA) is 64.7 Å². The lowest BCUT2D eigenvalue weighted by Crippen LogP contribution is -2.42. The molecule has 2 rings (SSSR count). The standard InChI is InChI=1S/C20H32N4O2/c1-5-23(13-19(25)21-15(2)3)14-20(26)22-18-9-8-17(12-16(18)4)24-10-6-7-11-24/h8-9,12,15H,5-7,10-11,13-14H2,1-4H3,(H,21,25)(H,22,26). The number of carbonyl (C=O) groups excluding carboxylic acids is 2. The first-order chi connectivity index (χ1) is 12.4. The Morgan fingerprint density at radius 1 is 1.15 bits per heavy atom. The van der Waals surface area contributed by atoms with Gasteiger partial charge in [0.25, 0.3) is 0 Å². The second kappa shape index (κ2) is 9.57. The summed E-state index contributed by atoms with van der Waals surface area (Å²) >= 11 is 0. The quantitative estimate of drug-likeness (QED) is 0.747. The highest BCUT2D eigenvalue weighted by Gasteiger charge is 2.16. The van der Waals surface area contributed by atoms with Crippen LogP contribution in [0.3, 0.4) is 0 Å². The van der Waals surface area contributed by atoms with Gasteiger partial charge in [0.05, 0.1) is 13.1 Å². The number of nitrogens with one attached hydrogen (secondary N) is 2. The molecule has 0 radical (unpaired) electrons. The lowest BCUT2D eigenvalue weighted by Gasteiger charge is -2.21. The Balaban J connectivity index is 1.90. The molecule has 0 aromatic heterocycles. The highest BCUT2D eigenvalue weighted by molar-refractivity contribution is 5.93. The van der Waals surface area contributed by atoms with E-state index in [-0.39, 0.29) is 30.9 Å². The molecule has 1 saturated heterocycles. The van der Waals surface area contributed by atoms with E-state index in [2.05, 4.69) is 27.7 Å². The van der Waals surface area contributed by atoms with Gasteiger partial charge in [-0.1, -0.05) is 6.92 Å². The Morgan fingerprint density at radius 2 is 1.81 bits per heavy atom. The number of rotatable bonds is 8. The summed E-state index contributed by atoms with van der Waals surface area (Å²) in [6, 6.07) is 6.28. The number of anilines is 2. The predicted octanol–water partition coefficient (Wildman–Crippen LogP) is 2.38. The molecule has 26 heavy (non-hydrogen) atoms. The van der Waals surface area contributed by atoms with Gasteiger partial charge in [-0.3, -0.25) is 14.5 Å². The maximum absolute atomic E-state index is 12.4. The first kappa shape index (κ1) is 20.2. The van der Waals surface area contributed by atoms with Crippen LogP contribution in [-0.4, -0.2) is 55.5 Å². The number of aryl methyl sites for hydroxylation is 1. The number of nitrogens with zero attached hydrogens (tertiary/aromatic N) is 2. The fraction of sp³-hybridized carbons (Fsp3) is 0.600. The van der Waals surface area contributed by atoms with Crippen molar-refractivity contribution in [3.63, 3.8) is 0 Å². The lowest BCUT2D eigenvalue weighted by atomic mass is 10.1. The average Bonchev–Trinajstić information content (AvgIpc) is 3.09. The molecule has 0 saturated carbocycles. The van der Waals surface area contributed by atoms with Gasteiger partial charge < -0.3 is 15.5 Å². The number of amides is 2. The number of benzene rings is 1. The minimum atomic E-state index is -0.0961. The Kier molecular flexibility index (Phi) is 7.45. The SMILES string of the molecule is CCN(CC(=O)Nc1ccc(N2CCCC2)cc1C)CC(=O)NC(C)C. The number of likely N-dealkylation sites (N-methyl/N-ethyl adjacent to an activating group) is 1. The molecule has 0 aliphatic carbocycles. The van der Waals surface area contributed by atoms with E-state index in [9.17, 15) is 9.59 Å². The third-order valence-electron chi connectivity index (χ3n) is 4.59. The molecule has 1 aromatic carbocycles. The first-order valence-corrected chi connectivity index (χ1v) is 9.56. The van der Waals surface area contributed by atoms with Gasteiger partial charge in [-0.2, -0.15) is 0 Å². The number of hydrogen-bond donors (Lipinski definition) is 2. The van der Waals surface area contributed by atoms with Crippen molar-refractivity contribution in [2.75, 3.05) is 42.9 Å². The van der Waals surface area contributed by atoms with Crippen LogP contribution < -0.4 is 15.5 Å². The fourth-order valence-electron chi connectivity index (χ4n) is 3.20. The summed E-state index contributed by atoms with van der Waals surface area (Å²) in [5.74, 6) is -0.151. The molecule has 0 spiro atoms. The van der Waals surface area contributed by atoms with Crippen molar-refractivity contribution >= 4 is 23.2 Å². The summed E-state index contributed by atoms with van der Waals surface area (Å²) in [4.78, 5) is 28.5. The second-order valence-electron chi connectivity index (χ2n) is 7.27. The molecule has 0 bridgehead atoms. The molecule has 1 aromatic rings. The highest BCUT2D eigenvalue weighted by Crippen LogP contribution is 2.25. The van der Waals surface area contributed by atoms with Crippen molar-refractivity contribution < 1.29 is 9.59 Å². The third-order valence-corrected chi connectivity index (χ3v) is 4.59. The Bertz CT molecular complexity index is 624. The van der Waals surface area contributed by atoms with Crippen molar-refractivity contribution in [3.8, 4) is 0 Å². The van der Waals surface area contributed by atoms with Crippen molar-refractivity contribution in [2.24, 2.45) is 0 Å². The summed E-state index contributed by atoms with van der Waals surface area (Å²) in [5, 5.41) is 5.83. The van der Waals surface area contributed by atoms with Crippen LogP contribution in [0.25, 0.3) is 0 Å². The van der Waals surface area contributed by atoms with Gasteiger partial charge in [-0.25, -0.2) is 0 Å². The van der Waals surface area contributed by atoms with Crippen molar-refractivity contribution in [1.29, 1.82) is 0 Å². The molecule has 1 aliphatic rings. The summed E-state index contributed by atoms with van der Waals surface area (Å²) in [6.07, 6.45) is 2.49. The van der Waals surface area contributed by atoms with E-state index in [4.69, 9.17) is 0 Å². The van der Waals surface area contributed by atoms with Gasteiger partial charge in [0, 0.05) is 30.5 Å². The van der Waals surface area contributed by atoms with Crippen LogP contribution in [0.4, 0.5) is 11.4 Å². The van der Waals surface area contributed by atoms with E-state index in [1.54, 1.807) is 0 Å².